The van der Waals surface area contributed by atoms with Crippen molar-refractivity contribution in [2.45, 2.75) is 71.1 Å². The number of ether oxygens (including phenoxy) is 1. The monoisotopic (exact) mass is 634 g/mol. The number of benzene rings is 3. The van der Waals surface area contributed by atoms with Crippen molar-refractivity contribution in [3.63, 3.8) is 0 Å². The zero-order valence-electron chi connectivity index (χ0n) is 27.5. The topological polar surface area (TPSA) is 85.8 Å². The van der Waals surface area contributed by atoms with E-state index in [4.69, 9.17) is 9.15 Å². The molecule has 0 N–H and O–H groups in total. The predicted molar refractivity (Wildman–Crippen MR) is 185 cm³/mol. The average Bonchev–Trinajstić information content (AvgIpc) is 3.09. The fourth-order valence-electron chi connectivity index (χ4n) is 7.65. The number of carboxylic acids is 1. The number of carboxylic acid groups (broad SMARTS) is 1. The number of aromatic carboxylic acids is 1. The molecular weight excluding hydrogens is 588 g/mol. The number of anilines is 1. The first kappa shape index (κ1) is 32.5. The largest absolute Gasteiger partial charge is 0.545 e. The van der Waals surface area contributed by atoms with Crippen LogP contribution in [-0.4, -0.2) is 38.2 Å². The summed E-state index contributed by atoms with van der Waals surface area (Å²) in [6.07, 6.45) is 14.4. The summed E-state index contributed by atoms with van der Waals surface area (Å²) in [5.74, 6) is 0.361. The first-order chi connectivity index (χ1) is 22.9. The maximum Gasteiger partial charge on any atom is 0.302 e. The molecule has 2 aromatic rings. The number of nitrogens with zero attached hydrogens (tertiary/aromatic N) is 2. The van der Waals surface area contributed by atoms with Gasteiger partial charge in [0.05, 0.1) is 12.0 Å². The summed E-state index contributed by atoms with van der Waals surface area (Å²) in [7, 11) is 0. The van der Waals surface area contributed by atoms with E-state index in [0.717, 1.165) is 40.6 Å². The van der Waals surface area contributed by atoms with Crippen molar-refractivity contribution < 1.29 is 23.8 Å². The van der Waals surface area contributed by atoms with Crippen LogP contribution in [0.4, 0.5) is 5.69 Å². The highest BCUT2D eigenvalue weighted by Crippen LogP contribution is 2.42. The van der Waals surface area contributed by atoms with Crippen LogP contribution in [0.3, 0.4) is 0 Å². The molecule has 47 heavy (non-hydrogen) atoms. The second-order valence-electron chi connectivity index (χ2n) is 13.3. The third-order valence-electron chi connectivity index (χ3n) is 10.1. The lowest BCUT2D eigenvalue weighted by Crippen LogP contribution is -2.37. The Balaban J connectivity index is 1.52. The SMILES string of the molecule is C=CN(CC1CCCCC1)c1ccc2c(-c3ccccc3C(=O)[O-])c3ccc(=[N+](CCOC(C)=O)CC4CCCCC4)cc-3oc2c1. The molecule has 1 heterocycles. The molecule has 0 bridgehead atoms. The molecular formula is C40H46N2O5. The molecule has 7 heteroatoms. The van der Waals surface area contributed by atoms with Crippen molar-refractivity contribution in [1.82, 2.24) is 4.58 Å². The molecule has 246 valence electrons. The zero-order valence-corrected chi connectivity index (χ0v) is 27.5. The molecule has 2 aromatic carbocycles. The number of fused-ring (bicyclic) bond motifs is 2. The fraction of sp³-hybridized carbons (Fsp3) is 0.425. The van der Waals surface area contributed by atoms with E-state index < -0.39 is 5.97 Å². The summed E-state index contributed by atoms with van der Waals surface area (Å²) in [5.41, 5.74) is 4.02. The Morgan fingerprint density at radius 2 is 1.66 bits per heavy atom. The minimum Gasteiger partial charge on any atom is -0.545 e. The fourth-order valence-corrected chi connectivity index (χ4v) is 7.65. The van der Waals surface area contributed by atoms with Gasteiger partial charge in [-0.1, -0.05) is 69.4 Å². The van der Waals surface area contributed by atoms with Gasteiger partial charge in [0.1, 0.15) is 24.5 Å². The van der Waals surface area contributed by atoms with Gasteiger partial charge in [0.25, 0.3) is 0 Å². The van der Waals surface area contributed by atoms with Crippen LogP contribution in [-0.2, 0) is 9.53 Å². The van der Waals surface area contributed by atoms with Gasteiger partial charge in [-0.15, -0.1) is 0 Å². The van der Waals surface area contributed by atoms with E-state index in [9.17, 15) is 14.7 Å². The molecule has 0 radical (unpaired) electrons. The molecule has 0 aromatic heterocycles. The normalized spacial score (nSPS) is 16.6. The zero-order chi connectivity index (χ0) is 32.8. The number of rotatable bonds is 11. The van der Waals surface area contributed by atoms with Crippen molar-refractivity contribution in [1.29, 1.82) is 0 Å². The summed E-state index contributed by atoms with van der Waals surface area (Å²) in [4.78, 5) is 26.1. The maximum atomic E-state index is 12.3. The highest BCUT2D eigenvalue weighted by atomic mass is 16.5. The Kier molecular flexibility index (Phi) is 10.4. The van der Waals surface area contributed by atoms with Crippen LogP contribution in [0.15, 0.2) is 77.9 Å². The number of carbonyl (C=O) groups excluding carboxylic acids is 2. The highest BCUT2D eigenvalue weighted by molar-refractivity contribution is 6.07. The van der Waals surface area contributed by atoms with Crippen molar-refractivity contribution >= 4 is 28.6 Å². The standard InChI is InChI=1S/C40H46N2O5/c1-3-41(26-29-12-6-4-7-13-29)31-18-20-35-37(24-31)47-38-25-32(42(22-23-46-28(2)43)27-30-14-8-5-9-15-30)19-21-36(38)39(35)33-16-10-11-17-34(33)40(44)45/h3,10-11,16-21,24-25,29-30H,1,4-9,12-15,22-23,26-27H2,2H3. The van der Waals surface area contributed by atoms with Gasteiger partial charge in [0.15, 0.2) is 6.54 Å². The minimum absolute atomic E-state index is 0.139. The Hall–Kier alpha value is -4.39. The number of carbonyl (C=O) groups is 2. The summed E-state index contributed by atoms with van der Waals surface area (Å²) in [6, 6.07) is 19.3. The summed E-state index contributed by atoms with van der Waals surface area (Å²) < 4.78 is 14.4. The summed E-state index contributed by atoms with van der Waals surface area (Å²) in [5, 5.41) is 14.1. The Bertz CT molecular complexity index is 1780. The Morgan fingerprint density at radius 3 is 2.36 bits per heavy atom. The quantitative estimate of drug-likeness (QED) is 0.100. The van der Waals surface area contributed by atoms with E-state index in [-0.39, 0.29) is 11.5 Å². The van der Waals surface area contributed by atoms with E-state index >= 15 is 0 Å². The van der Waals surface area contributed by atoms with Gasteiger partial charge in [0.2, 0.25) is 5.36 Å². The summed E-state index contributed by atoms with van der Waals surface area (Å²) >= 11 is 0. The highest BCUT2D eigenvalue weighted by Gasteiger charge is 2.24. The van der Waals surface area contributed by atoms with Gasteiger partial charge < -0.3 is 24.0 Å². The minimum atomic E-state index is -1.22. The molecule has 4 aliphatic rings. The number of hydrogen-bond acceptors (Lipinski definition) is 6. The van der Waals surface area contributed by atoms with Crippen LogP contribution in [0, 0.1) is 11.8 Å². The van der Waals surface area contributed by atoms with Crippen molar-refractivity contribution in [3.8, 4) is 22.5 Å². The van der Waals surface area contributed by atoms with Crippen LogP contribution >= 0.6 is 0 Å². The first-order valence-electron chi connectivity index (χ1n) is 17.3. The maximum absolute atomic E-state index is 12.3. The molecule has 3 aliphatic carbocycles. The molecule has 6 rings (SSSR count). The smallest absolute Gasteiger partial charge is 0.302 e. The lowest BCUT2D eigenvalue weighted by Gasteiger charge is -2.29. The van der Waals surface area contributed by atoms with Crippen LogP contribution in [0.5, 0.6) is 0 Å². The Labute approximate surface area is 277 Å². The lowest BCUT2D eigenvalue weighted by atomic mass is 9.88. The van der Waals surface area contributed by atoms with Gasteiger partial charge in [-0.3, -0.25) is 4.79 Å². The van der Waals surface area contributed by atoms with Crippen LogP contribution < -0.4 is 19.9 Å². The average molecular weight is 635 g/mol. The van der Waals surface area contributed by atoms with Crippen molar-refractivity contribution in [3.05, 3.63) is 84.4 Å². The van der Waals surface area contributed by atoms with Crippen molar-refractivity contribution in [2.24, 2.45) is 11.8 Å². The molecule has 0 atom stereocenters. The molecule has 2 fully saturated rings. The first-order valence-corrected chi connectivity index (χ1v) is 17.3. The third kappa shape index (κ3) is 7.61. The molecule has 1 aliphatic heterocycles. The van der Waals surface area contributed by atoms with E-state index in [2.05, 4.69) is 40.3 Å². The van der Waals surface area contributed by atoms with Crippen LogP contribution in [0.25, 0.3) is 33.4 Å². The molecule has 0 unspecified atom stereocenters. The summed E-state index contributed by atoms with van der Waals surface area (Å²) in [6.45, 7) is 8.24. The molecule has 0 saturated heterocycles. The van der Waals surface area contributed by atoms with E-state index in [1.54, 1.807) is 12.1 Å². The molecule has 0 spiro atoms. The third-order valence-corrected chi connectivity index (χ3v) is 10.1. The van der Waals surface area contributed by atoms with E-state index in [1.165, 1.54) is 71.1 Å². The molecule has 2 saturated carbocycles. The van der Waals surface area contributed by atoms with Gasteiger partial charge in [-0.05, 0) is 61.6 Å². The van der Waals surface area contributed by atoms with Crippen molar-refractivity contribution in [2.75, 3.05) is 31.1 Å². The van der Waals surface area contributed by atoms with Gasteiger partial charge in [0, 0.05) is 59.3 Å². The van der Waals surface area contributed by atoms with E-state index in [1.807, 2.05) is 30.5 Å². The number of esters is 1. The molecule has 0 amide bonds. The van der Waals surface area contributed by atoms with E-state index in [0.29, 0.717) is 41.9 Å². The van der Waals surface area contributed by atoms with Gasteiger partial charge in [-0.25, -0.2) is 4.58 Å². The van der Waals surface area contributed by atoms with Crippen LogP contribution in [0.1, 0.15) is 81.5 Å². The second kappa shape index (κ2) is 15.0. The predicted octanol–water partition coefficient (Wildman–Crippen LogP) is 7.01. The molecule has 7 nitrogen and oxygen atoms in total. The van der Waals surface area contributed by atoms with Gasteiger partial charge >= 0.3 is 5.97 Å². The second-order valence-corrected chi connectivity index (χ2v) is 13.3. The van der Waals surface area contributed by atoms with Gasteiger partial charge in [-0.2, -0.15) is 0 Å². The lowest BCUT2D eigenvalue weighted by molar-refractivity contribution is -0.254. The van der Waals surface area contributed by atoms with Crippen LogP contribution in [0.2, 0.25) is 0 Å². The number of hydrogen-bond donors (Lipinski definition) is 0. The Morgan fingerprint density at radius 1 is 0.936 bits per heavy atom.